The highest BCUT2D eigenvalue weighted by Gasteiger charge is 2.39. The van der Waals surface area contributed by atoms with E-state index in [2.05, 4.69) is 20.6 Å². The fourth-order valence-corrected chi connectivity index (χ4v) is 3.69. The van der Waals surface area contributed by atoms with Gasteiger partial charge in [-0.05, 0) is 19.3 Å². The van der Waals surface area contributed by atoms with E-state index in [4.69, 9.17) is 17.2 Å². The molecule has 15 heteroatoms. The Bertz CT molecular complexity index is 951. The molecule has 0 bridgehead atoms. The lowest BCUT2D eigenvalue weighted by atomic mass is 10.1. The average Bonchev–Trinajstić information content (AvgIpc) is 3.47. The highest BCUT2D eigenvalue weighted by molar-refractivity contribution is 5.96. The number of carbonyl (C=O) groups is 6. The second-order valence-corrected chi connectivity index (χ2v) is 8.21. The zero-order valence-corrected chi connectivity index (χ0v) is 18.9. The summed E-state index contributed by atoms with van der Waals surface area (Å²) in [7, 11) is 0. The summed E-state index contributed by atoms with van der Waals surface area (Å²) in [6, 6.07) is -4.91. The van der Waals surface area contributed by atoms with Crippen LogP contribution in [0.25, 0.3) is 0 Å². The zero-order chi connectivity index (χ0) is 26.1. The van der Waals surface area contributed by atoms with Gasteiger partial charge in [-0.25, -0.2) is 9.78 Å². The summed E-state index contributed by atoms with van der Waals surface area (Å²) in [6.07, 6.45) is 2.64. The van der Waals surface area contributed by atoms with Crippen molar-refractivity contribution in [1.29, 1.82) is 0 Å². The van der Waals surface area contributed by atoms with Crippen LogP contribution in [0.4, 0.5) is 0 Å². The van der Waals surface area contributed by atoms with Crippen molar-refractivity contribution < 1.29 is 33.9 Å². The molecule has 0 spiro atoms. The number of amides is 5. The number of imidazole rings is 1. The van der Waals surface area contributed by atoms with Gasteiger partial charge >= 0.3 is 5.97 Å². The maximum Gasteiger partial charge on any atom is 0.326 e. The van der Waals surface area contributed by atoms with Crippen molar-refractivity contribution in [3.63, 3.8) is 0 Å². The maximum absolute atomic E-state index is 13.1. The summed E-state index contributed by atoms with van der Waals surface area (Å²) in [4.78, 5) is 80.4. The van der Waals surface area contributed by atoms with Gasteiger partial charge in [-0.1, -0.05) is 0 Å². The van der Waals surface area contributed by atoms with Gasteiger partial charge in [-0.2, -0.15) is 0 Å². The van der Waals surface area contributed by atoms with Gasteiger partial charge in [0.05, 0.1) is 18.8 Å². The molecule has 2 rings (SSSR count). The number of H-pyrrole nitrogens is 1. The van der Waals surface area contributed by atoms with Crippen LogP contribution in [0.5, 0.6) is 0 Å². The van der Waals surface area contributed by atoms with Crippen LogP contribution in [0.2, 0.25) is 0 Å². The second-order valence-electron chi connectivity index (χ2n) is 8.21. The number of carboxylic acids is 1. The molecule has 4 atom stereocenters. The molecule has 1 aliphatic rings. The van der Waals surface area contributed by atoms with E-state index in [9.17, 15) is 33.9 Å². The Morgan fingerprint density at radius 2 is 1.80 bits per heavy atom. The number of aromatic nitrogens is 2. The van der Waals surface area contributed by atoms with Crippen LogP contribution in [0, 0.1) is 0 Å². The minimum Gasteiger partial charge on any atom is -0.480 e. The molecule has 0 aliphatic carbocycles. The van der Waals surface area contributed by atoms with Gasteiger partial charge < -0.3 is 42.8 Å². The Morgan fingerprint density at radius 1 is 1.11 bits per heavy atom. The number of carbonyl (C=O) groups excluding carboxylic acids is 5. The molecule has 0 saturated carbocycles. The molecule has 5 amide bonds. The Balaban J connectivity index is 2.19. The lowest BCUT2D eigenvalue weighted by molar-refractivity contribution is -0.149. The van der Waals surface area contributed by atoms with Crippen molar-refractivity contribution in [2.45, 2.75) is 62.7 Å². The molecule has 2 heterocycles. The van der Waals surface area contributed by atoms with Crippen molar-refractivity contribution in [2.75, 3.05) is 6.54 Å². The second kappa shape index (κ2) is 12.5. The van der Waals surface area contributed by atoms with Crippen LogP contribution < -0.4 is 27.8 Å². The van der Waals surface area contributed by atoms with E-state index in [1.807, 2.05) is 0 Å². The molecule has 35 heavy (non-hydrogen) atoms. The molecule has 1 fully saturated rings. The highest BCUT2D eigenvalue weighted by Crippen LogP contribution is 2.19. The molecular weight excluding hydrogens is 464 g/mol. The third kappa shape index (κ3) is 8.06. The van der Waals surface area contributed by atoms with Crippen LogP contribution in [0.3, 0.4) is 0 Å². The number of hydrogen-bond acceptors (Lipinski definition) is 8. The maximum atomic E-state index is 13.1. The Labute approximate surface area is 200 Å². The zero-order valence-electron chi connectivity index (χ0n) is 18.9. The summed E-state index contributed by atoms with van der Waals surface area (Å²) in [5, 5.41) is 14.2. The van der Waals surface area contributed by atoms with Crippen molar-refractivity contribution in [3.05, 3.63) is 18.2 Å². The average molecular weight is 495 g/mol. The van der Waals surface area contributed by atoms with E-state index in [0.717, 1.165) is 4.90 Å². The van der Waals surface area contributed by atoms with Crippen molar-refractivity contribution in [2.24, 2.45) is 17.2 Å². The number of primary amides is 2. The largest absolute Gasteiger partial charge is 0.480 e. The van der Waals surface area contributed by atoms with Crippen molar-refractivity contribution in [3.8, 4) is 0 Å². The van der Waals surface area contributed by atoms with Crippen molar-refractivity contribution >= 4 is 35.5 Å². The van der Waals surface area contributed by atoms with Crippen LogP contribution in [0.1, 0.15) is 37.8 Å². The minimum atomic E-state index is -1.44. The first-order chi connectivity index (χ1) is 16.5. The third-order valence-electron chi connectivity index (χ3n) is 5.49. The summed E-state index contributed by atoms with van der Waals surface area (Å²) in [6.45, 7) is 0.143. The van der Waals surface area contributed by atoms with Gasteiger partial charge in [0.15, 0.2) is 0 Å². The Hall–Kier alpha value is -4.01. The fourth-order valence-electron chi connectivity index (χ4n) is 3.69. The van der Waals surface area contributed by atoms with Gasteiger partial charge in [0, 0.05) is 31.3 Å². The number of aromatic amines is 1. The highest BCUT2D eigenvalue weighted by atomic mass is 16.4. The molecule has 1 aromatic rings. The van der Waals surface area contributed by atoms with E-state index in [1.54, 1.807) is 0 Å². The number of aliphatic carboxylic acids is 1. The summed E-state index contributed by atoms with van der Waals surface area (Å²) >= 11 is 0. The molecule has 1 aromatic heterocycles. The topological polar surface area (TPSA) is 257 Å². The number of nitrogens with zero attached hydrogens (tertiary/aromatic N) is 2. The lowest BCUT2D eigenvalue weighted by Crippen LogP contribution is -2.58. The number of nitrogens with two attached hydrogens (primary N) is 3. The standard InChI is InChI=1S/C20H30N8O7/c21-11(3-4-15(22)29)17(31)26-12(6-10-8-24-9-25-10)18(32)27-13(7-16(23)30)19(33)28-5-1-2-14(28)20(34)35/h8-9,11-14H,1-7,21H2,(H2,22,29)(H2,23,30)(H,24,25)(H,26,31)(H,27,32)(H,34,35). The molecule has 192 valence electrons. The monoisotopic (exact) mass is 494 g/mol. The van der Waals surface area contributed by atoms with Crippen LogP contribution in [-0.2, 0) is 35.2 Å². The number of hydrogen-bond donors (Lipinski definition) is 7. The van der Waals surface area contributed by atoms with E-state index < -0.39 is 66.1 Å². The number of rotatable bonds is 13. The molecule has 4 unspecified atom stereocenters. The third-order valence-corrected chi connectivity index (χ3v) is 5.49. The lowest BCUT2D eigenvalue weighted by Gasteiger charge is -2.28. The quantitative estimate of drug-likeness (QED) is 0.143. The number of carboxylic acid groups (broad SMARTS) is 1. The van der Waals surface area contributed by atoms with Crippen LogP contribution in [-0.4, -0.2) is 86.2 Å². The predicted molar refractivity (Wildman–Crippen MR) is 119 cm³/mol. The van der Waals surface area contributed by atoms with Crippen molar-refractivity contribution in [1.82, 2.24) is 25.5 Å². The van der Waals surface area contributed by atoms with Crippen LogP contribution >= 0.6 is 0 Å². The predicted octanol–water partition coefficient (Wildman–Crippen LogP) is -3.53. The van der Waals surface area contributed by atoms with E-state index in [1.165, 1.54) is 12.5 Å². The first-order valence-electron chi connectivity index (χ1n) is 10.9. The SMILES string of the molecule is NC(=O)CCC(N)C(=O)NC(Cc1cnc[nH]1)C(=O)NC(CC(N)=O)C(=O)N1CCCC1C(=O)O. The molecule has 0 radical (unpaired) electrons. The fraction of sp³-hybridized carbons (Fsp3) is 0.550. The summed E-state index contributed by atoms with van der Waals surface area (Å²) in [5.74, 6) is -5.08. The number of nitrogens with one attached hydrogen (secondary N) is 3. The molecule has 15 nitrogen and oxygen atoms in total. The van der Waals surface area contributed by atoms with Gasteiger partial charge in [0.25, 0.3) is 0 Å². The van der Waals surface area contributed by atoms with Gasteiger partial charge in [-0.3, -0.25) is 24.0 Å². The molecule has 10 N–H and O–H groups in total. The minimum absolute atomic E-state index is 0.0477. The van der Waals surface area contributed by atoms with E-state index in [0.29, 0.717) is 12.1 Å². The van der Waals surface area contributed by atoms with Gasteiger partial charge in [0.1, 0.15) is 18.1 Å². The molecule has 1 aliphatic heterocycles. The first kappa shape index (κ1) is 27.2. The normalized spacial score (nSPS) is 17.7. The molecular formula is C20H30N8O7. The first-order valence-corrected chi connectivity index (χ1v) is 10.9. The van der Waals surface area contributed by atoms with E-state index >= 15 is 0 Å². The van der Waals surface area contributed by atoms with Crippen LogP contribution in [0.15, 0.2) is 12.5 Å². The molecule has 1 saturated heterocycles. The van der Waals surface area contributed by atoms with Gasteiger partial charge in [0.2, 0.25) is 29.5 Å². The Morgan fingerprint density at radius 3 is 2.37 bits per heavy atom. The molecule has 0 aromatic carbocycles. The van der Waals surface area contributed by atoms with E-state index in [-0.39, 0.29) is 32.2 Å². The Kier molecular flexibility index (Phi) is 9.69. The smallest absolute Gasteiger partial charge is 0.326 e. The number of likely N-dealkylation sites (tertiary alicyclic amines) is 1. The summed E-state index contributed by atoms with van der Waals surface area (Å²) < 4.78 is 0. The summed E-state index contributed by atoms with van der Waals surface area (Å²) in [5.41, 5.74) is 16.6. The van der Waals surface area contributed by atoms with Gasteiger partial charge in [-0.15, -0.1) is 0 Å².